The van der Waals surface area contributed by atoms with Crippen molar-refractivity contribution in [3.8, 4) is 0 Å². The highest BCUT2D eigenvalue weighted by Crippen LogP contribution is 2.10. The van der Waals surface area contributed by atoms with Crippen molar-refractivity contribution >= 4 is 11.7 Å². The molecule has 1 heterocycles. The second kappa shape index (κ2) is 3.71. The van der Waals surface area contributed by atoms with Crippen LogP contribution in [0, 0.1) is 6.92 Å². The molecule has 64 valence electrons. The molecule has 0 aliphatic carbocycles. The van der Waals surface area contributed by atoms with Gasteiger partial charge in [0.25, 0.3) is 0 Å². The molecule has 0 fully saturated rings. The molecule has 4 nitrogen and oxygen atoms in total. The fraction of sp³-hybridized carbons (Fsp3) is 0.250. The zero-order chi connectivity index (χ0) is 8.97. The number of carbonyl (C=O) groups is 1. The van der Waals surface area contributed by atoms with Gasteiger partial charge < -0.3 is 10.6 Å². The molecule has 0 saturated carbocycles. The number of anilines is 1. The Morgan fingerprint density at radius 1 is 1.58 bits per heavy atom. The Kier molecular flexibility index (Phi) is 2.63. The molecule has 0 saturated heterocycles. The molecule has 0 radical (unpaired) electrons. The molecule has 12 heavy (non-hydrogen) atoms. The van der Waals surface area contributed by atoms with Gasteiger partial charge in [0, 0.05) is 25.1 Å². The molecule has 0 bridgehead atoms. The Balaban J connectivity index is 2.75. The number of nitrogens with one attached hydrogen (secondary N) is 2. The van der Waals surface area contributed by atoms with Crippen molar-refractivity contribution in [3.05, 3.63) is 24.0 Å². The summed E-state index contributed by atoms with van der Waals surface area (Å²) in [5.74, 6) is 0. The lowest BCUT2D eigenvalue weighted by molar-refractivity contribution is 0.254. The molecule has 0 aliphatic heterocycles. The minimum absolute atomic E-state index is 0.218. The summed E-state index contributed by atoms with van der Waals surface area (Å²) in [5.41, 5.74) is 1.73. The quantitative estimate of drug-likeness (QED) is 0.655. The summed E-state index contributed by atoms with van der Waals surface area (Å²) in [5, 5.41) is 5.14. The Morgan fingerprint density at radius 3 is 2.92 bits per heavy atom. The van der Waals surface area contributed by atoms with Crippen LogP contribution in [-0.4, -0.2) is 18.1 Å². The van der Waals surface area contributed by atoms with Gasteiger partial charge in [-0.1, -0.05) is 0 Å². The summed E-state index contributed by atoms with van der Waals surface area (Å²) >= 11 is 0. The van der Waals surface area contributed by atoms with Crippen LogP contribution in [0.25, 0.3) is 0 Å². The lowest BCUT2D eigenvalue weighted by Gasteiger charge is -2.05. The first-order valence-electron chi connectivity index (χ1n) is 3.63. The molecule has 1 rings (SSSR count). The molecule has 0 aromatic carbocycles. The van der Waals surface area contributed by atoms with Crippen molar-refractivity contribution in [1.82, 2.24) is 10.3 Å². The van der Waals surface area contributed by atoms with Crippen molar-refractivity contribution in [3.63, 3.8) is 0 Å². The number of aryl methyl sites for hydroxylation is 1. The van der Waals surface area contributed by atoms with E-state index in [1.54, 1.807) is 25.5 Å². The van der Waals surface area contributed by atoms with Crippen LogP contribution in [0.5, 0.6) is 0 Å². The molecule has 0 spiro atoms. The number of rotatable bonds is 1. The molecular weight excluding hydrogens is 154 g/mol. The maximum atomic E-state index is 10.9. The van der Waals surface area contributed by atoms with E-state index in [4.69, 9.17) is 0 Å². The van der Waals surface area contributed by atoms with Crippen LogP contribution in [0.1, 0.15) is 5.56 Å². The van der Waals surface area contributed by atoms with E-state index in [1.807, 2.05) is 6.92 Å². The fourth-order valence-electron chi connectivity index (χ4n) is 0.798. The first-order chi connectivity index (χ1) is 5.74. The van der Waals surface area contributed by atoms with E-state index in [1.165, 1.54) is 0 Å². The van der Waals surface area contributed by atoms with Gasteiger partial charge in [0.15, 0.2) is 0 Å². The number of pyridine rings is 1. The van der Waals surface area contributed by atoms with E-state index in [0.29, 0.717) is 0 Å². The van der Waals surface area contributed by atoms with Crippen LogP contribution < -0.4 is 10.6 Å². The van der Waals surface area contributed by atoms with Gasteiger partial charge in [-0.2, -0.15) is 0 Å². The minimum Gasteiger partial charge on any atom is -0.341 e. The number of amides is 2. The van der Waals surface area contributed by atoms with Crippen molar-refractivity contribution in [2.75, 3.05) is 12.4 Å². The van der Waals surface area contributed by atoms with Crippen molar-refractivity contribution < 1.29 is 4.79 Å². The standard InChI is InChI=1S/C8H11N3O/c1-6-5-10-4-3-7(6)11-8(12)9-2/h3-5H,1-2H3,(H2,9,10,11,12). The molecule has 0 atom stereocenters. The predicted molar refractivity (Wildman–Crippen MR) is 47.1 cm³/mol. The molecule has 1 aromatic rings. The predicted octanol–water partition coefficient (Wildman–Crippen LogP) is 1.14. The monoisotopic (exact) mass is 165 g/mol. The smallest absolute Gasteiger partial charge is 0.318 e. The first-order valence-corrected chi connectivity index (χ1v) is 3.63. The summed E-state index contributed by atoms with van der Waals surface area (Å²) in [7, 11) is 1.58. The summed E-state index contributed by atoms with van der Waals surface area (Å²) in [6.45, 7) is 1.89. The van der Waals surface area contributed by atoms with E-state index in [2.05, 4.69) is 15.6 Å². The van der Waals surface area contributed by atoms with E-state index < -0.39 is 0 Å². The number of nitrogens with zero attached hydrogens (tertiary/aromatic N) is 1. The topological polar surface area (TPSA) is 54.0 Å². The van der Waals surface area contributed by atoms with Crippen molar-refractivity contribution in [1.29, 1.82) is 0 Å². The van der Waals surface area contributed by atoms with Gasteiger partial charge in [-0.25, -0.2) is 4.79 Å². The molecule has 0 aliphatic rings. The summed E-state index contributed by atoms with van der Waals surface area (Å²) in [6.07, 6.45) is 3.34. The summed E-state index contributed by atoms with van der Waals surface area (Å²) < 4.78 is 0. The number of aromatic nitrogens is 1. The maximum absolute atomic E-state index is 10.9. The highest BCUT2D eigenvalue weighted by atomic mass is 16.2. The van der Waals surface area contributed by atoms with Crippen LogP contribution in [0.3, 0.4) is 0 Å². The Labute approximate surface area is 71.0 Å². The highest BCUT2D eigenvalue weighted by molar-refractivity contribution is 5.89. The maximum Gasteiger partial charge on any atom is 0.318 e. The molecule has 0 unspecified atom stereocenters. The van der Waals surface area contributed by atoms with Gasteiger partial charge in [-0.15, -0.1) is 0 Å². The summed E-state index contributed by atoms with van der Waals surface area (Å²) in [4.78, 5) is 14.8. The Hall–Kier alpha value is -1.58. The van der Waals surface area contributed by atoms with E-state index in [-0.39, 0.29) is 6.03 Å². The van der Waals surface area contributed by atoms with E-state index in [0.717, 1.165) is 11.3 Å². The zero-order valence-corrected chi connectivity index (χ0v) is 7.09. The number of urea groups is 1. The lowest BCUT2D eigenvalue weighted by atomic mass is 10.3. The van der Waals surface area contributed by atoms with Gasteiger partial charge in [-0.3, -0.25) is 4.98 Å². The molecule has 2 N–H and O–H groups in total. The van der Waals surface area contributed by atoms with Crippen LogP contribution in [0.4, 0.5) is 10.5 Å². The van der Waals surface area contributed by atoms with Crippen LogP contribution in [-0.2, 0) is 0 Å². The third-order valence-corrected chi connectivity index (χ3v) is 1.50. The Morgan fingerprint density at radius 2 is 2.33 bits per heavy atom. The first kappa shape index (κ1) is 8.52. The molecular formula is C8H11N3O. The van der Waals surface area contributed by atoms with E-state index in [9.17, 15) is 4.79 Å². The average Bonchev–Trinajstić information content (AvgIpc) is 2.09. The molecule has 4 heteroatoms. The van der Waals surface area contributed by atoms with Crippen LogP contribution >= 0.6 is 0 Å². The SMILES string of the molecule is CNC(=O)Nc1ccncc1C. The third kappa shape index (κ3) is 1.95. The third-order valence-electron chi connectivity index (χ3n) is 1.50. The fourth-order valence-corrected chi connectivity index (χ4v) is 0.798. The van der Waals surface area contributed by atoms with Crippen molar-refractivity contribution in [2.45, 2.75) is 6.92 Å². The zero-order valence-electron chi connectivity index (χ0n) is 7.09. The Bertz CT molecular complexity index is 285. The van der Waals surface area contributed by atoms with Gasteiger partial charge in [0.05, 0.1) is 0 Å². The van der Waals surface area contributed by atoms with Gasteiger partial charge in [-0.05, 0) is 18.6 Å². The average molecular weight is 165 g/mol. The van der Waals surface area contributed by atoms with E-state index >= 15 is 0 Å². The van der Waals surface area contributed by atoms with Crippen LogP contribution in [0.15, 0.2) is 18.5 Å². The summed E-state index contributed by atoms with van der Waals surface area (Å²) in [6, 6.07) is 1.54. The highest BCUT2D eigenvalue weighted by Gasteiger charge is 1.99. The molecule has 1 aromatic heterocycles. The number of hydrogen-bond donors (Lipinski definition) is 2. The van der Waals surface area contributed by atoms with Gasteiger partial charge in [0.2, 0.25) is 0 Å². The number of hydrogen-bond acceptors (Lipinski definition) is 2. The second-order valence-electron chi connectivity index (χ2n) is 2.39. The minimum atomic E-state index is -0.218. The largest absolute Gasteiger partial charge is 0.341 e. The van der Waals surface area contributed by atoms with Crippen molar-refractivity contribution in [2.24, 2.45) is 0 Å². The number of carbonyl (C=O) groups excluding carboxylic acids is 1. The molecule has 2 amide bonds. The van der Waals surface area contributed by atoms with Gasteiger partial charge >= 0.3 is 6.03 Å². The lowest BCUT2D eigenvalue weighted by Crippen LogP contribution is -2.24. The van der Waals surface area contributed by atoms with Gasteiger partial charge in [0.1, 0.15) is 0 Å². The van der Waals surface area contributed by atoms with Crippen LogP contribution in [0.2, 0.25) is 0 Å². The second-order valence-corrected chi connectivity index (χ2v) is 2.39. The normalized spacial score (nSPS) is 9.17.